The Labute approximate surface area is 123 Å². The van der Waals surface area contributed by atoms with Crippen molar-refractivity contribution in [2.75, 3.05) is 0 Å². The summed E-state index contributed by atoms with van der Waals surface area (Å²) in [5, 5.41) is 28.6. The van der Waals surface area contributed by atoms with Crippen molar-refractivity contribution in [2.24, 2.45) is 0 Å². The second-order valence-electron chi connectivity index (χ2n) is 4.61. The molecule has 108 valence electrons. The number of nitrogens with zero attached hydrogens (tertiary/aromatic N) is 1. The maximum absolute atomic E-state index is 13.4. The number of hydrogen-bond acceptors (Lipinski definition) is 4. The molecule has 6 heteroatoms. The fraction of sp³-hybridized carbons (Fsp3) is 0. The summed E-state index contributed by atoms with van der Waals surface area (Å²) in [7, 11) is 0. The molecule has 1 aromatic heterocycles. The predicted molar refractivity (Wildman–Crippen MR) is 74.9 cm³/mol. The maximum atomic E-state index is 13.4. The van der Waals surface area contributed by atoms with Crippen molar-refractivity contribution in [1.29, 1.82) is 5.26 Å². The van der Waals surface area contributed by atoms with Crippen LogP contribution >= 0.6 is 0 Å². The minimum absolute atomic E-state index is 0.134. The maximum Gasteiger partial charge on any atom is 0.339 e. The smallest absolute Gasteiger partial charge is 0.339 e. The van der Waals surface area contributed by atoms with Crippen LogP contribution in [0.1, 0.15) is 15.9 Å². The molecule has 0 bridgehead atoms. The molecule has 3 aromatic rings. The molecule has 1 heterocycles. The summed E-state index contributed by atoms with van der Waals surface area (Å²) < 4.78 is 18.3. The molecule has 22 heavy (non-hydrogen) atoms. The van der Waals surface area contributed by atoms with Gasteiger partial charge in [-0.25, -0.2) is 4.79 Å². The highest BCUT2D eigenvalue weighted by molar-refractivity contribution is 5.99. The summed E-state index contributed by atoms with van der Waals surface area (Å²) in [5.41, 5.74) is 0.479. The SMILES string of the molecule is N#Cc1cc(-c2cccc(C(=O)O)c2O)c2oc(F)cc2c1. The van der Waals surface area contributed by atoms with E-state index in [-0.39, 0.29) is 27.8 Å². The van der Waals surface area contributed by atoms with Gasteiger partial charge in [-0.3, -0.25) is 0 Å². The normalized spacial score (nSPS) is 10.5. The van der Waals surface area contributed by atoms with Gasteiger partial charge in [-0.15, -0.1) is 0 Å². The fourth-order valence-electron chi connectivity index (χ4n) is 2.32. The molecule has 0 unspecified atom stereocenters. The predicted octanol–water partition coefficient (Wildman–Crippen LogP) is 3.51. The van der Waals surface area contributed by atoms with Crippen molar-refractivity contribution in [3.8, 4) is 22.9 Å². The highest BCUT2D eigenvalue weighted by atomic mass is 19.1. The molecule has 0 aliphatic carbocycles. The van der Waals surface area contributed by atoms with E-state index in [1.165, 1.54) is 30.3 Å². The van der Waals surface area contributed by atoms with Crippen LogP contribution < -0.4 is 0 Å². The van der Waals surface area contributed by atoms with Gasteiger partial charge in [0.15, 0.2) is 0 Å². The molecule has 5 nitrogen and oxygen atoms in total. The van der Waals surface area contributed by atoms with Gasteiger partial charge < -0.3 is 14.6 Å². The minimum Gasteiger partial charge on any atom is -0.506 e. The Hall–Kier alpha value is -3.33. The molecule has 2 aromatic carbocycles. The first-order valence-corrected chi connectivity index (χ1v) is 6.20. The Kier molecular flexibility index (Phi) is 3.04. The lowest BCUT2D eigenvalue weighted by Gasteiger charge is -2.08. The summed E-state index contributed by atoms with van der Waals surface area (Å²) >= 11 is 0. The number of nitriles is 1. The van der Waals surface area contributed by atoms with Crippen molar-refractivity contribution in [3.63, 3.8) is 0 Å². The van der Waals surface area contributed by atoms with Gasteiger partial charge in [0.25, 0.3) is 6.01 Å². The van der Waals surface area contributed by atoms with Crippen LogP contribution in [0.3, 0.4) is 0 Å². The summed E-state index contributed by atoms with van der Waals surface area (Å²) in [6, 6.07) is 9.24. The molecule has 0 aliphatic rings. The van der Waals surface area contributed by atoms with Crippen LogP contribution in [-0.2, 0) is 0 Å². The molecule has 0 aliphatic heterocycles. The molecule has 0 amide bonds. The monoisotopic (exact) mass is 297 g/mol. The van der Waals surface area contributed by atoms with Gasteiger partial charge in [0.1, 0.15) is 16.9 Å². The second kappa shape index (κ2) is 4.90. The van der Waals surface area contributed by atoms with E-state index in [1.807, 2.05) is 6.07 Å². The number of rotatable bonds is 2. The number of furan rings is 1. The molecule has 2 N–H and O–H groups in total. The van der Waals surface area contributed by atoms with E-state index < -0.39 is 17.7 Å². The lowest BCUT2D eigenvalue weighted by atomic mass is 9.98. The van der Waals surface area contributed by atoms with Crippen LogP contribution in [0.5, 0.6) is 5.75 Å². The van der Waals surface area contributed by atoms with Gasteiger partial charge in [0, 0.05) is 22.6 Å². The van der Waals surface area contributed by atoms with Gasteiger partial charge in [-0.1, -0.05) is 12.1 Å². The zero-order chi connectivity index (χ0) is 15.9. The third-order valence-electron chi connectivity index (χ3n) is 3.27. The highest BCUT2D eigenvalue weighted by Crippen LogP contribution is 2.38. The van der Waals surface area contributed by atoms with Crippen molar-refractivity contribution >= 4 is 16.9 Å². The number of para-hydroxylation sites is 1. The minimum atomic E-state index is -1.29. The summed E-state index contributed by atoms with van der Waals surface area (Å²) in [6.45, 7) is 0. The van der Waals surface area contributed by atoms with Crippen molar-refractivity contribution in [2.45, 2.75) is 0 Å². The van der Waals surface area contributed by atoms with E-state index in [0.717, 1.165) is 6.07 Å². The van der Waals surface area contributed by atoms with E-state index in [4.69, 9.17) is 14.8 Å². The molecule has 0 saturated carbocycles. The molecule has 0 radical (unpaired) electrons. The first kappa shape index (κ1) is 13.6. The Bertz CT molecular complexity index is 953. The standard InChI is InChI=1S/C16H8FNO4/c17-13-6-9-4-8(7-18)5-12(15(9)22-13)10-2-1-3-11(14(10)19)16(20)21/h1-6,19H,(H,20,21). The molecule has 3 rings (SSSR count). The number of carboxylic acids is 1. The summed E-state index contributed by atoms with van der Waals surface area (Å²) in [4.78, 5) is 11.1. The topological polar surface area (TPSA) is 94.5 Å². The Morgan fingerprint density at radius 1 is 1.23 bits per heavy atom. The van der Waals surface area contributed by atoms with E-state index in [1.54, 1.807) is 0 Å². The van der Waals surface area contributed by atoms with Crippen molar-refractivity contribution in [3.05, 3.63) is 53.5 Å². The van der Waals surface area contributed by atoms with Crippen LogP contribution in [0.15, 0.2) is 40.8 Å². The van der Waals surface area contributed by atoms with Crippen molar-refractivity contribution in [1.82, 2.24) is 0 Å². The summed E-state index contributed by atoms with van der Waals surface area (Å²) in [6.07, 6.45) is 0. The van der Waals surface area contributed by atoms with E-state index >= 15 is 0 Å². The Morgan fingerprint density at radius 2 is 2.00 bits per heavy atom. The van der Waals surface area contributed by atoms with Gasteiger partial charge >= 0.3 is 5.97 Å². The number of phenols is 1. The average Bonchev–Trinajstić information content (AvgIpc) is 2.86. The number of carbonyl (C=O) groups is 1. The Morgan fingerprint density at radius 3 is 2.68 bits per heavy atom. The molecule has 0 atom stereocenters. The Balaban J connectivity index is 2.37. The molecule has 0 saturated heterocycles. The average molecular weight is 297 g/mol. The van der Waals surface area contributed by atoms with Crippen LogP contribution in [0, 0.1) is 17.3 Å². The largest absolute Gasteiger partial charge is 0.506 e. The van der Waals surface area contributed by atoms with E-state index in [2.05, 4.69) is 0 Å². The first-order chi connectivity index (χ1) is 10.5. The molecular formula is C16H8FNO4. The fourth-order valence-corrected chi connectivity index (χ4v) is 2.32. The third-order valence-corrected chi connectivity index (χ3v) is 3.27. The van der Waals surface area contributed by atoms with Crippen LogP contribution in [0.4, 0.5) is 4.39 Å². The zero-order valence-electron chi connectivity index (χ0n) is 11.0. The number of halogens is 1. The van der Waals surface area contributed by atoms with Gasteiger partial charge in [0.2, 0.25) is 0 Å². The number of aromatic hydroxyl groups is 1. The van der Waals surface area contributed by atoms with E-state index in [9.17, 15) is 14.3 Å². The number of fused-ring (bicyclic) bond motifs is 1. The molecule has 0 fully saturated rings. The first-order valence-electron chi connectivity index (χ1n) is 6.20. The molecular weight excluding hydrogens is 289 g/mol. The van der Waals surface area contributed by atoms with Crippen LogP contribution in [0.2, 0.25) is 0 Å². The lowest BCUT2D eigenvalue weighted by molar-refractivity contribution is 0.0694. The van der Waals surface area contributed by atoms with E-state index in [0.29, 0.717) is 5.39 Å². The zero-order valence-corrected chi connectivity index (χ0v) is 11.0. The lowest BCUT2D eigenvalue weighted by Crippen LogP contribution is -1.97. The number of benzene rings is 2. The summed E-state index contributed by atoms with van der Waals surface area (Å²) in [5.74, 6) is -1.76. The van der Waals surface area contributed by atoms with Crippen LogP contribution in [-0.4, -0.2) is 16.2 Å². The van der Waals surface area contributed by atoms with Crippen molar-refractivity contribution < 1.29 is 23.8 Å². The quantitative estimate of drug-likeness (QED) is 0.754. The highest BCUT2D eigenvalue weighted by Gasteiger charge is 2.18. The third kappa shape index (κ3) is 2.05. The van der Waals surface area contributed by atoms with Gasteiger partial charge in [0.05, 0.1) is 11.6 Å². The van der Waals surface area contributed by atoms with Crippen LogP contribution in [0.25, 0.3) is 22.1 Å². The van der Waals surface area contributed by atoms with Gasteiger partial charge in [-0.05, 0) is 18.2 Å². The number of aromatic carboxylic acids is 1. The number of carboxylic acid groups (broad SMARTS) is 1. The van der Waals surface area contributed by atoms with Gasteiger partial charge in [-0.2, -0.15) is 9.65 Å². The number of hydrogen-bond donors (Lipinski definition) is 2. The second-order valence-corrected chi connectivity index (χ2v) is 4.61. The molecule has 0 spiro atoms.